The molecule has 0 aliphatic rings. The molecule has 0 amide bonds. The van der Waals surface area contributed by atoms with Gasteiger partial charge in [0.05, 0.1) is 9.90 Å². The van der Waals surface area contributed by atoms with Gasteiger partial charge >= 0.3 is 0 Å². The first-order valence-corrected chi connectivity index (χ1v) is 6.86. The van der Waals surface area contributed by atoms with Crippen LogP contribution in [-0.2, 0) is 0 Å². The van der Waals surface area contributed by atoms with Crippen LogP contribution in [0.1, 0.15) is 21.4 Å². The lowest BCUT2D eigenvalue weighted by Gasteiger charge is -2.10. The molecule has 0 saturated heterocycles. The van der Waals surface area contributed by atoms with Crippen molar-refractivity contribution in [2.45, 2.75) is 13.0 Å². The van der Waals surface area contributed by atoms with Gasteiger partial charge in [-0.15, -0.1) is 11.3 Å². The van der Waals surface area contributed by atoms with Crippen molar-refractivity contribution in [2.24, 2.45) is 0 Å². The Hall–Kier alpha value is -0.420. The minimum Gasteiger partial charge on any atom is -0.383 e. The average molecular weight is 336 g/mol. The van der Waals surface area contributed by atoms with Crippen molar-refractivity contribution in [3.8, 4) is 0 Å². The smallest absolute Gasteiger partial charge is 0.141 e. The van der Waals surface area contributed by atoms with Gasteiger partial charge in [-0.05, 0) is 46.6 Å². The third kappa shape index (κ3) is 2.71. The van der Waals surface area contributed by atoms with Crippen LogP contribution in [0.15, 0.2) is 28.7 Å². The zero-order valence-corrected chi connectivity index (χ0v) is 12.0. The van der Waals surface area contributed by atoms with Crippen molar-refractivity contribution >= 4 is 38.9 Å². The van der Waals surface area contributed by atoms with Crippen molar-refractivity contribution in [3.63, 3.8) is 0 Å². The molecular formula is C12H9BrClFOS. The number of aliphatic hydroxyl groups is 1. The number of hydrogen-bond donors (Lipinski definition) is 1. The van der Waals surface area contributed by atoms with E-state index >= 15 is 0 Å². The molecule has 1 heterocycles. The van der Waals surface area contributed by atoms with Crippen LogP contribution in [0.25, 0.3) is 0 Å². The number of aryl methyl sites for hydroxylation is 1. The maximum absolute atomic E-state index is 13.0. The second-order valence-electron chi connectivity index (χ2n) is 3.65. The maximum Gasteiger partial charge on any atom is 0.141 e. The highest BCUT2D eigenvalue weighted by atomic mass is 79.9. The topological polar surface area (TPSA) is 20.2 Å². The molecule has 5 heteroatoms. The van der Waals surface area contributed by atoms with Crippen LogP contribution in [0.4, 0.5) is 4.39 Å². The number of thiophene rings is 1. The van der Waals surface area contributed by atoms with Crippen LogP contribution in [0, 0.1) is 12.7 Å². The SMILES string of the molecule is Cc1cc(Br)c(C(O)c2ccc(F)c(Cl)c2)s1. The zero-order valence-electron chi connectivity index (χ0n) is 8.88. The van der Waals surface area contributed by atoms with Gasteiger partial charge in [0.15, 0.2) is 0 Å². The van der Waals surface area contributed by atoms with Gasteiger partial charge in [-0.2, -0.15) is 0 Å². The molecule has 1 aromatic heterocycles. The monoisotopic (exact) mass is 334 g/mol. The fraction of sp³-hybridized carbons (Fsp3) is 0.167. The van der Waals surface area contributed by atoms with E-state index in [4.69, 9.17) is 11.6 Å². The first-order chi connectivity index (χ1) is 7.99. The molecule has 0 spiro atoms. The Bertz CT molecular complexity index is 555. The standard InChI is InChI=1S/C12H9BrClFOS/c1-6-4-8(13)12(17-6)11(16)7-2-3-10(15)9(14)5-7/h2-5,11,16H,1H3. The molecule has 90 valence electrons. The summed E-state index contributed by atoms with van der Waals surface area (Å²) in [6.07, 6.45) is -0.791. The number of aliphatic hydroxyl groups excluding tert-OH is 1. The maximum atomic E-state index is 13.0. The lowest BCUT2D eigenvalue weighted by Crippen LogP contribution is -1.98. The second kappa shape index (κ2) is 5.06. The van der Waals surface area contributed by atoms with Gasteiger partial charge in [-0.3, -0.25) is 0 Å². The molecular weight excluding hydrogens is 327 g/mol. The molecule has 0 aliphatic carbocycles. The molecule has 0 saturated carbocycles. The molecule has 2 aromatic rings. The van der Waals surface area contributed by atoms with Crippen molar-refractivity contribution < 1.29 is 9.50 Å². The summed E-state index contributed by atoms with van der Waals surface area (Å²) in [6.45, 7) is 1.96. The highest BCUT2D eigenvalue weighted by molar-refractivity contribution is 9.10. The highest BCUT2D eigenvalue weighted by Crippen LogP contribution is 2.36. The Balaban J connectivity index is 2.40. The summed E-state index contributed by atoms with van der Waals surface area (Å²) in [5.74, 6) is -0.482. The summed E-state index contributed by atoms with van der Waals surface area (Å²) in [6, 6.07) is 6.18. The molecule has 0 bridgehead atoms. The van der Waals surface area contributed by atoms with Gasteiger partial charge in [-0.1, -0.05) is 17.7 Å². The lowest BCUT2D eigenvalue weighted by molar-refractivity contribution is 0.223. The normalized spacial score (nSPS) is 12.8. The number of halogens is 3. The van der Waals surface area contributed by atoms with E-state index in [2.05, 4.69) is 15.9 Å². The quantitative estimate of drug-likeness (QED) is 0.844. The minimum atomic E-state index is -0.791. The zero-order chi connectivity index (χ0) is 12.6. The van der Waals surface area contributed by atoms with E-state index in [0.717, 1.165) is 14.2 Å². The molecule has 0 aliphatic heterocycles. The Morgan fingerprint density at radius 2 is 2.12 bits per heavy atom. The summed E-state index contributed by atoms with van der Waals surface area (Å²) in [5, 5.41) is 10.2. The van der Waals surface area contributed by atoms with Crippen LogP contribution in [0.3, 0.4) is 0 Å². The van der Waals surface area contributed by atoms with Crippen molar-refractivity contribution in [1.82, 2.24) is 0 Å². The first-order valence-electron chi connectivity index (χ1n) is 4.88. The van der Waals surface area contributed by atoms with Crippen LogP contribution >= 0.6 is 38.9 Å². The van der Waals surface area contributed by atoms with Gasteiger partial charge in [0.25, 0.3) is 0 Å². The Morgan fingerprint density at radius 1 is 1.41 bits per heavy atom. The largest absolute Gasteiger partial charge is 0.383 e. The van der Waals surface area contributed by atoms with E-state index in [1.54, 1.807) is 0 Å². The number of hydrogen-bond acceptors (Lipinski definition) is 2. The van der Waals surface area contributed by atoms with Crippen LogP contribution < -0.4 is 0 Å². The van der Waals surface area contributed by atoms with Crippen molar-refractivity contribution in [3.05, 3.63) is 54.9 Å². The first kappa shape index (κ1) is 13.0. The molecule has 0 fully saturated rings. The highest BCUT2D eigenvalue weighted by Gasteiger charge is 2.17. The summed E-state index contributed by atoms with van der Waals surface area (Å²) < 4.78 is 13.9. The average Bonchev–Trinajstić information content (AvgIpc) is 2.61. The second-order valence-corrected chi connectivity index (χ2v) is 6.19. The Labute approximate surface area is 116 Å². The van der Waals surface area contributed by atoms with E-state index in [1.165, 1.54) is 29.5 Å². The van der Waals surface area contributed by atoms with Crippen LogP contribution in [0.2, 0.25) is 5.02 Å². The van der Waals surface area contributed by atoms with Crippen LogP contribution in [-0.4, -0.2) is 5.11 Å². The lowest BCUT2D eigenvalue weighted by atomic mass is 10.1. The summed E-state index contributed by atoms with van der Waals surface area (Å²) >= 11 is 10.6. The Kier molecular flexibility index (Phi) is 3.88. The van der Waals surface area contributed by atoms with Gasteiger partial charge in [0, 0.05) is 9.35 Å². The third-order valence-corrected chi connectivity index (χ3v) is 4.66. The van der Waals surface area contributed by atoms with E-state index in [-0.39, 0.29) is 5.02 Å². The summed E-state index contributed by atoms with van der Waals surface area (Å²) in [7, 11) is 0. The van der Waals surface area contributed by atoms with E-state index in [9.17, 15) is 9.50 Å². The van der Waals surface area contributed by atoms with Gasteiger partial charge in [-0.25, -0.2) is 4.39 Å². The molecule has 2 rings (SSSR count). The predicted molar refractivity (Wildman–Crippen MR) is 72.2 cm³/mol. The molecule has 17 heavy (non-hydrogen) atoms. The van der Waals surface area contributed by atoms with Crippen molar-refractivity contribution in [1.29, 1.82) is 0 Å². The Morgan fingerprint density at radius 3 is 2.65 bits per heavy atom. The summed E-state index contributed by atoms with van der Waals surface area (Å²) in [5.41, 5.74) is 0.582. The van der Waals surface area contributed by atoms with Crippen LogP contribution in [0.5, 0.6) is 0 Å². The van der Waals surface area contributed by atoms with E-state index in [1.807, 2.05) is 13.0 Å². The molecule has 0 radical (unpaired) electrons. The third-order valence-electron chi connectivity index (χ3n) is 2.34. The predicted octanol–water partition coefficient (Wildman–Crippen LogP) is 4.69. The van der Waals surface area contributed by atoms with E-state index < -0.39 is 11.9 Å². The van der Waals surface area contributed by atoms with Gasteiger partial charge in [0.2, 0.25) is 0 Å². The summed E-state index contributed by atoms with van der Waals surface area (Å²) in [4.78, 5) is 1.89. The number of rotatable bonds is 2. The molecule has 1 unspecified atom stereocenters. The van der Waals surface area contributed by atoms with Gasteiger partial charge < -0.3 is 5.11 Å². The minimum absolute atomic E-state index is 0.0194. The van der Waals surface area contributed by atoms with E-state index in [0.29, 0.717) is 5.56 Å². The molecule has 1 aromatic carbocycles. The molecule has 1 atom stereocenters. The fourth-order valence-corrected chi connectivity index (χ4v) is 3.59. The number of benzene rings is 1. The van der Waals surface area contributed by atoms with Crippen molar-refractivity contribution in [2.75, 3.05) is 0 Å². The molecule has 1 N–H and O–H groups in total. The molecule has 1 nitrogen and oxygen atoms in total. The van der Waals surface area contributed by atoms with Gasteiger partial charge in [0.1, 0.15) is 11.9 Å². The fourth-order valence-electron chi connectivity index (χ4n) is 1.52.